The Morgan fingerprint density at radius 3 is 3.14 bits per heavy atom. The molecule has 0 amide bonds. The lowest BCUT2D eigenvalue weighted by Gasteiger charge is -2.33. The summed E-state index contributed by atoms with van der Waals surface area (Å²) in [6.45, 7) is 1.66. The first-order chi connectivity index (χ1) is 10.3. The summed E-state index contributed by atoms with van der Waals surface area (Å²) in [6.07, 6.45) is 3.11. The quantitative estimate of drug-likeness (QED) is 0.809. The van der Waals surface area contributed by atoms with E-state index in [2.05, 4.69) is 27.1 Å². The highest BCUT2D eigenvalue weighted by Gasteiger charge is 2.29. The number of carbonyl (C=O) groups excluding carboxylic acids is 1. The van der Waals surface area contributed by atoms with Crippen molar-refractivity contribution in [3.8, 4) is 10.6 Å². The number of likely N-dealkylation sites (tertiary alicyclic amines) is 1. The van der Waals surface area contributed by atoms with E-state index < -0.39 is 0 Å². The van der Waals surface area contributed by atoms with Gasteiger partial charge in [-0.3, -0.25) is 9.69 Å². The fourth-order valence-corrected chi connectivity index (χ4v) is 4.21. The minimum atomic E-state index is -0.122. The fraction of sp³-hybridized carbons (Fsp3) is 0.467. The van der Waals surface area contributed by atoms with Gasteiger partial charge in [-0.15, -0.1) is 11.3 Å². The number of ether oxygens (including phenoxy) is 1. The molecule has 0 spiro atoms. The standard InChI is InChI=1S/C15H18N2O2S2/c1-19-15(18)13-4-2-3-6-17(13)8-12-10-21-14(16-12)11-5-7-20-9-11/h5,7,9-10,13H,2-4,6,8H2,1H3/t13-/m1/s1. The molecule has 0 bridgehead atoms. The molecule has 3 rings (SSSR count). The van der Waals surface area contributed by atoms with Gasteiger partial charge in [-0.2, -0.15) is 11.3 Å². The lowest BCUT2D eigenvalue weighted by Crippen LogP contribution is -2.44. The molecular formula is C15H18N2O2S2. The summed E-state index contributed by atoms with van der Waals surface area (Å²) >= 11 is 3.35. The Hall–Kier alpha value is -1.24. The number of aromatic nitrogens is 1. The number of hydrogen-bond donors (Lipinski definition) is 0. The maximum absolute atomic E-state index is 11.9. The zero-order chi connectivity index (χ0) is 14.7. The van der Waals surface area contributed by atoms with Gasteiger partial charge in [0.25, 0.3) is 0 Å². The van der Waals surface area contributed by atoms with Crippen LogP contribution in [0.1, 0.15) is 25.0 Å². The van der Waals surface area contributed by atoms with Crippen molar-refractivity contribution in [3.05, 3.63) is 27.9 Å². The molecule has 0 unspecified atom stereocenters. The van der Waals surface area contributed by atoms with Gasteiger partial charge < -0.3 is 4.74 Å². The molecule has 0 radical (unpaired) electrons. The van der Waals surface area contributed by atoms with Crippen LogP contribution in [0.15, 0.2) is 22.2 Å². The summed E-state index contributed by atoms with van der Waals surface area (Å²) in [4.78, 5) is 18.8. The van der Waals surface area contributed by atoms with Crippen LogP contribution < -0.4 is 0 Å². The predicted molar refractivity (Wildman–Crippen MR) is 85.5 cm³/mol. The number of thiazole rings is 1. The summed E-state index contributed by atoms with van der Waals surface area (Å²) < 4.78 is 4.92. The normalized spacial score (nSPS) is 19.6. The van der Waals surface area contributed by atoms with Crippen LogP contribution >= 0.6 is 22.7 Å². The molecule has 6 heteroatoms. The zero-order valence-corrected chi connectivity index (χ0v) is 13.6. The van der Waals surface area contributed by atoms with E-state index in [9.17, 15) is 4.79 Å². The molecule has 4 nitrogen and oxygen atoms in total. The second kappa shape index (κ2) is 6.68. The van der Waals surface area contributed by atoms with Crippen LogP contribution in [0.2, 0.25) is 0 Å². The summed E-state index contributed by atoms with van der Waals surface area (Å²) in [5.41, 5.74) is 2.22. The highest BCUT2D eigenvalue weighted by Crippen LogP contribution is 2.27. The Kier molecular flexibility index (Phi) is 4.67. The Labute approximate surface area is 132 Å². The van der Waals surface area contributed by atoms with Crippen LogP contribution in [-0.4, -0.2) is 35.5 Å². The zero-order valence-electron chi connectivity index (χ0n) is 11.9. The van der Waals surface area contributed by atoms with Crippen molar-refractivity contribution in [2.75, 3.05) is 13.7 Å². The van der Waals surface area contributed by atoms with E-state index in [4.69, 9.17) is 9.72 Å². The Balaban J connectivity index is 1.71. The third-order valence-corrected chi connectivity index (χ3v) is 5.40. The Bertz CT molecular complexity index is 595. The first-order valence-corrected chi connectivity index (χ1v) is 8.89. The summed E-state index contributed by atoms with van der Waals surface area (Å²) in [5, 5.41) is 7.32. The Morgan fingerprint density at radius 1 is 1.48 bits per heavy atom. The van der Waals surface area contributed by atoms with Crippen molar-refractivity contribution in [1.82, 2.24) is 9.88 Å². The molecule has 1 atom stereocenters. The minimum Gasteiger partial charge on any atom is -0.468 e. The molecule has 1 aliphatic heterocycles. The number of nitrogens with zero attached hydrogens (tertiary/aromatic N) is 2. The van der Waals surface area contributed by atoms with Crippen molar-refractivity contribution in [2.45, 2.75) is 31.8 Å². The van der Waals surface area contributed by atoms with Gasteiger partial charge in [0.2, 0.25) is 0 Å². The van der Waals surface area contributed by atoms with Gasteiger partial charge in [0.05, 0.1) is 12.8 Å². The van der Waals surface area contributed by atoms with Crippen LogP contribution in [0.25, 0.3) is 10.6 Å². The van der Waals surface area contributed by atoms with Gasteiger partial charge in [0.15, 0.2) is 0 Å². The van der Waals surface area contributed by atoms with E-state index in [0.717, 1.165) is 43.1 Å². The third-order valence-electron chi connectivity index (χ3n) is 3.77. The number of thiophene rings is 1. The second-order valence-corrected chi connectivity index (χ2v) is 6.80. The van der Waals surface area contributed by atoms with Crippen molar-refractivity contribution in [2.24, 2.45) is 0 Å². The molecule has 0 aromatic carbocycles. The lowest BCUT2D eigenvalue weighted by molar-refractivity contribution is -0.148. The number of rotatable bonds is 4. The molecule has 1 aliphatic rings. The summed E-state index contributed by atoms with van der Waals surface area (Å²) in [5.74, 6) is -0.122. The predicted octanol–water partition coefficient (Wildman–Crippen LogP) is 3.40. The molecule has 2 aromatic heterocycles. The van der Waals surface area contributed by atoms with E-state index in [-0.39, 0.29) is 12.0 Å². The summed E-state index contributed by atoms with van der Waals surface area (Å²) in [7, 11) is 1.46. The van der Waals surface area contributed by atoms with Crippen LogP contribution in [0.4, 0.5) is 0 Å². The SMILES string of the molecule is COC(=O)[C@H]1CCCCN1Cc1csc(-c2ccsc2)n1. The number of methoxy groups -OCH3 is 1. The van der Waals surface area contributed by atoms with E-state index in [1.807, 2.05) is 0 Å². The molecule has 1 saturated heterocycles. The molecule has 0 saturated carbocycles. The largest absolute Gasteiger partial charge is 0.468 e. The van der Waals surface area contributed by atoms with Crippen molar-refractivity contribution >= 4 is 28.6 Å². The Morgan fingerprint density at radius 2 is 2.38 bits per heavy atom. The van der Waals surface area contributed by atoms with Gasteiger partial charge in [0.1, 0.15) is 11.0 Å². The first-order valence-electron chi connectivity index (χ1n) is 7.07. The molecule has 3 heterocycles. The van der Waals surface area contributed by atoms with E-state index in [1.165, 1.54) is 12.7 Å². The van der Waals surface area contributed by atoms with Crippen LogP contribution in [0.3, 0.4) is 0 Å². The van der Waals surface area contributed by atoms with Crippen LogP contribution in [0.5, 0.6) is 0 Å². The lowest BCUT2D eigenvalue weighted by atomic mass is 10.0. The molecular weight excluding hydrogens is 304 g/mol. The average Bonchev–Trinajstić information content (AvgIpc) is 3.18. The second-order valence-electron chi connectivity index (χ2n) is 5.16. The number of hydrogen-bond acceptors (Lipinski definition) is 6. The molecule has 0 aliphatic carbocycles. The number of piperidine rings is 1. The maximum Gasteiger partial charge on any atom is 0.323 e. The van der Waals surface area contributed by atoms with E-state index in [0.29, 0.717) is 0 Å². The average molecular weight is 322 g/mol. The van der Waals surface area contributed by atoms with Crippen molar-refractivity contribution in [1.29, 1.82) is 0 Å². The van der Waals surface area contributed by atoms with Gasteiger partial charge in [-0.05, 0) is 30.8 Å². The van der Waals surface area contributed by atoms with E-state index in [1.54, 1.807) is 22.7 Å². The molecule has 0 N–H and O–H groups in total. The number of carbonyl (C=O) groups is 1. The first kappa shape index (κ1) is 14.7. The van der Waals surface area contributed by atoms with E-state index >= 15 is 0 Å². The van der Waals surface area contributed by atoms with Crippen LogP contribution in [0, 0.1) is 0 Å². The molecule has 2 aromatic rings. The van der Waals surface area contributed by atoms with Crippen molar-refractivity contribution < 1.29 is 9.53 Å². The van der Waals surface area contributed by atoms with Gasteiger partial charge in [-0.25, -0.2) is 4.98 Å². The highest BCUT2D eigenvalue weighted by molar-refractivity contribution is 7.14. The maximum atomic E-state index is 11.9. The third kappa shape index (κ3) is 3.33. The molecule has 112 valence electrons. The highest BCUT2D eigenvalue weighted by atomic mass is 32.1. The monoisotopic (exact) mass is 322 g/mol. The summed E-state index contributed by atoms with van der Waals surface area (Å²) in [6, 6.07) is 1.97. The molecule has 21 heavy (non-hydrogen) atoms. The minimum absolute atomic E-state index is 0.116. The van der Waals surface area contributed by atoms with Gasteiger partial charge in [0, 0.05) is 22.9 Å². The number of esters is 1. The topological polar surface area (TPSA) is 42.4 Å². The van der Waals surface area contributed by atoms with Crippen LogP contribution in [-0.2, 0) is 16.1 Å². The van der Waals surface area contributed by atoms with Gasteiger partial charge >= 0.3 is 5.97 Å². The van der Waals surface area contributed by atoms with Crippen molar-refractivity contribution in [3.63, 3.8) is 0 Å². The molecule has 1 fully saturated rings. The fourth-order valence-electron chi connectivity index (χ4n) is 2.69. The smallest absolute Gasteiger partial charge is 0.323 e. The van der Waals surface area contributed by atoms with Gasteiger partial charge in [-0.1, -0.05) is 6.42 Å².